The lowest BCUT2D eigenvalue weighted by molar-refractivity contribution is -0.110. The lowest BCUT2D eigenvalue weighted by atomic mass is 9.85. The Morgan fingerprint density at radius 3 is 2.27 bits per heavy atom. The van der Waals surface area contributed by atoms with Crippen molar-refractivity contribution in [3.05, 3.63) is 66.3 Å². The molecule has 0 radical (unpaired) electrons. The van der Waals surface area contributed by atoms with Crippen molar-refractivity contribution in [2.75, 3.05) is 0 Å². The van der Waals surface area contributed by atoms with Gasteiger partial charge in [-0.3, -0.25) is 4.79 Å². The Bertz CT molecular complexity index is 814. The molecule has 2 aromatic carbocycles. The summed E-state index contributed by atoms with van der Waals surface area (Å²) >= 11 is 0. The molecule has 0 saturated carbocycles. The molecule has 3 rings (SSSR count). The van der Waals surface area contributed by atoms with E-state index in [2.05, 4.69) is 45.0 Å². The molecule has 0 unspecified atom stereocenters. The molecule has 2 heteroatoms. The SMILES string of the molecule is CC(C)(C)c1cc(N=C2C=CC(=O)C=C2)c2ccccc2c1. The Labute approximate surface area is 130 Å². The number of hydrogen-bond donors (Lipinski definition) is 0. The summed E-state index contributed by atoms with van der Waals surface area (Å²) in [5.41, 5.74) is 3.07. The van der Waals surface area contributed by atoms with Crippen LogP contribution in [0.25, 0.3) is 10.8 Å². The van der Waals surface area contributed by atoms with Crippen LogP contribution in [0.5, 0.6) is 0 Å². The van der Waals surface area contributed by atoms with E-state index in [9.17, 15) is 4.79 Å². The molecule has 2 nitrogen and oxygen atoms in total. The zero-order chi connectivity index (χ0) is 15.7. The maximum atomic E-state index is 11.2. The first-order valence-electron chi connectivity index (χ1n) is 7.45. The van der Waals surface area contributed by atoms with Crippen LogP contribution in [0.4, 0.5) is 5.69 Å². The van der Waals surface area contributed by atoms with Gasteiger partial charge < -0.3 is 0 Å². The second kappa shape index (κ2) is 5.38. The Hall–Kier alpha value is -2.48. The predicted octanol–water partition coefficient (Wildman–Crippen LogP) is 4.90. The number of carbonyl (C=O) groups is 1. The van der Waals surface area contributed by atoms with Gasteiger partial charge in [-0.2, -0.15) is 0 Å². The Morgan fingerprint density at radius 2 is 1.59 bits per heavy atom. The van der Waals surface area contributed by atoms with Crippen molar-refractivity contribution in [2.45, 2.75) is 26.2 Å². The summed E-state index contributed by atoms with van der Waals surface area (Å²) in [6, 6.07) is 12.7. The van der Waals surface area contributed by atoms with Gasteiger partial charge in [-0.15, -0.1) is 0 Å². The van der Waals surface area contributed by atoms with Gasteiger partial charge >= 0.3 is 0 Å². The number of allylic oxidation sites excluding steroid dienone is 4. The second-order valence-corrected chi connectivity index (χ2v) is 6.57. The summed E-state index contributed by atoms with van der Waals surface area (Å²) in [5, 5.41) is 2.32. The average molecular weight is 289 g/mol. The quantitative estimate of drug-likeness (QED) is 0.686. The summed E-state index contributed by atoms with van der Waals surface area (Å²) < 4.78 is 0. The minimum absolute atomic E-state index is 0.00671. The highest BCUT2D eigenvalue weighted by atomic mass is 16.1. The van der Waals surface area contributed by atoms with Gasteiger partial charge in [0.15, 0.2) is 5.78 Å². The van der Waals surface area contributed by atoms with E-state index < -0.39 is 0 Å². The zero-order valence-corrected chi connectivity index (χ0v) is 13.1. The largest absolute Gasteiger partial charge is 0.290 e. The molecular formula is C20H19NO. The summed E-state index contributed by atoms with van der Waals surface area (Å²) in [6.45, 7) is 6.60. The smallest absolute Gasteiger partial charge is 0.178 e. The van der Waals surface area contributed by atoms with E-state index in [-0.39, 0.29) is 11.2 Å². The van der Waals surface area contributed by atoms with E-state index in [1.807, 2.05) is 12.1 Å². The maximum absolute atomic E-state index is 11.2. The van der Waals surface area contributed by atoms with Crippen LogP contribution in [0.15, 0.2) is 65.7 Å². The van der Waals surface area contributed by atoms with Gasteiger partial charge in [0.05, 0.1) is 11.4 Å². The molecule has 0 atom stereocenters. The molecule has 110 valence electrons. The highest BCUT2D eigenvalue weighted by Crippen LogP contribution is 2.33. The molecule has 0 N–H and O–H groups in total. The van der Waals surface area contributed by atoms with Gasteiger partial charge in [0.2, 0.25) is 0 Å². The van der Waals surface area contributed by atoms with Crippen molar-refractivity contribution < 1.29 is 4.79 Å². The third-order valence-corrected chi connectivity index (χ3v) is 3.79. The number of hydrogen-bond acceptors (Lipinski definition) is 2. The standard InChI is InChI=1S/C20H19NO/c1-20(2,3)15-12-14-6-4-5-7-18(14)19(13-15)21-16-8-10-17(22)11-9-16/h4-13H,1-3H3. The van der Waals surface area contributed by atoms with E-state index in [0.717, 1.165) is 16.8 Å². The van der Waals surface area contributed by atoms with Crippen LogP contribution in [-0.2, 0) is 10.2 Å². The van der Waals surface area contributed by atoms with E-state index in [4.69, 9.17) is 4.99 Å². The second-order valence-electron chi connectivity index (χ2n) is 6.57. The fourth-order valence-electron chi connectivity index (χ4n) is 2.48. The third-order valence-electron chi connectivity index (χ3n) is 3.79. The van der Waals surface area contributed by atoms with Gasteiger partial charge in [-0.05, 0) is 46.7 Å². The van der Waals surface area contributed by atoms with Crippen molar-refractivity contribution in [1.29, 1.82) is 0 Å². The summed E-state index contributed by atoms with van der Waals surface area (Å²) in [6.07, 6.45) is 6.63. The highest BCUT2D eigenvalue weighted by molar-refractivity contribution is 6.17. The topological polar surface area (TPSA) is 29.4 Å². The van der Waals surface area contributed by atoms with Crippen molar-refractivity contribution in [3.8, 4) is 0 Å². The monoisotopic (exact) mass is 289 g/mol. The molecule has 0 spiro atoms. The third kappa shape index (κ3) is 2.91. The van der Waals surface area contributed by atoms with Crippen LogP contribution in [0.2, 0.25) is 0 Å². The van der Waals surface area contributed by atoms with E-state index in [1.54, 1.807) is 24.3 Å². The highest BCUT2D eigenvalue weighted by Gasteiger charge is 2.16. The fraction of sp³-hybridized carbons (Fsp3) is 0.200. The summed E-state index contributed by atoms with van der Waals surface area (Å²) in [5.74, 6) is 0.00671. The lowest BCUT2D eigenvalue weighted by Crippen LogP contribution is -2.10. The molecule has 1 aliphatic carbocycles. The molecule has 22 heavy (non-hydrogen) atoms. The Kier molecular flexibility index (Phi) is 3.53. The number of rotatable bonds is 1. The summed E-state index contributed by atoms with van der Waals surface area (Å²) in [7, 11) is 0. The Morgan fingerprint density at radius 1 is 0.909 bits per heavy atom. The van der Waals surface area contributed by atoms with Gasteiger partial charge in [0.1, 0.15) is 0 Å². The van der Waals surface area contributed by atoms with Crippen LogP contribution in [0.3, 0.4) is 0 Å². The molecule has 0 aromatic heterocycles. The van der Waals surface area contributed by atoms with Crippen LogP contribution >= 0.6 is 0 Å². The van der Waals surface area contributed by atoms with Gasteiger partial charge in [0, 0.05) is 5.39 Å². The van der Waals surface area contributed by atoms with Crippen molar-refractivity contribution in [2.24, 2.45) is 4.99 Å². The van der Waals surface area contributed by atoms with E-state index >= 15 is 0 Å². The van der Waals surface area contributed by atoms with Gasteiger partial charge in [-0.25, -0.2) is 4.99 Å². The van der Waals surface area contributed by atoms with Crippen molar-refractivity contribution in [1.82, 2.24) is 0 Å². The van der Waals surface area contributed by atoms with Crippen LogP contribution in [0, 0.1) is 0 Å². The number of fused-ring (bicyclic) bond motifs is 1. The normalized spacial score (nSPS) is 14.7. The van der Waals surface area contributed by atoms with E-state index in [0.29, 0.717) is 0 Å². The zero-order valence-electron chi connectivity index (χ0n) is 13.1. The molecule has 0 heterocycles. The van der Waals surface area contributed by atoms with Crippen LogP contribution in [0.1, 0.15) is 26.3 Å². The molecule has 0 aliphatic heterocycles. The molecular weight excluding hydrogens is 270 g/mol. The van der Waals surface area contributed by atoms with Crippen molar-refractivity contribution >= 4 is 28.0 Å². The number of ketones is 1. The van der Waals surface area contributed by atoms with Crippen molar-refractivity contribution in [3.63, 3.8) is 0 Å². The Balaban J connectivity index is 2.19. The first kappa shape index (κ1) is 14.5. The number of carbonyl (C=O) groups excluding carboxylic acids is 1. The first-order chi connectivity index (χ1) is 10.4. The molecule has 0 bridgehead atoms. The van der Waals surface area contributed by atoms with Gasteiger partial charge in [-0.1, -0.05) is 51.1 Å². The molecule has 0 amide bonds. The van der Waals surface area contributed by atoms with Crippen LogP contribution in [-0.4, -0.2) is 11.5 Å². The number of nitrogens with zero attached hydrogens (tertiary/aromatic N) is 1. The van der Waals surface area contributed by atoms with Crippen LogP contribution < -0.4 is 0 Å². The molecule has 1 aliphatic rings. The van der Waals surface area contributed by atoms with E-state index in [1.165, 1.54) is 10.9 Å². The summed E-state index contributed by atoms with van der Waals surface area (Å²) in [4.78, 5) is 16.0. The predicted molar refractivity (Wildman–Crippen MR) is 93.0 cm³/mol. The molecule has 0 fully saturated rings. The first-order valence-corrected chi connectivity index (χ1v) is 7.45. The maximum Gasteiger partial charge on any atom is 0.178 e. The lowest BCUT2D eigenvalue weighted by Gasteiger charge is -2.20. The minimum Gasteiger partial charge on any atom is -0.290 e. The number of benzene rings is 2. The average Bonchev–Trinajstić information content (AvgIpc) is 2.48. The minimum atomic E-state index is 0.00671. The van der Waals surface area contributed by atoms with Gasteiger partial charge in [0.25, 0.3) is 0 Å². The number of aliphatic imine (C=N–C) groups is 1. The molecule has 0 saturated heterocycles. The molecule has 2 aromatic rings. The fourth-order valence-corrected chi connectivity index (χ4v) is 2.48.